The van der Waals surface area contributed by atoms with Crippen LogP contribution in [0, 0.1) is 5.92 Å². The van der Waals surface area contributed by atoms with E-state index in [0.29, 0.717) is 24.9 Å². The van der Waals surface area contributed by atoms with Crippen molar-refractivity contribution < 1.29 is 14.3 Å². The van der Waals surface area contributed by atoms with Crippen molar-refractivity contribution in [3.63, 3.8) is 0 Å². The molecule has 0 bridgehead atoms. The summed E-state index contributed by atoms with van der Waals surface area (Å²) < 4.78 is 5.46. The Bertz CT molecular complexity index is 683. The lowest BCUT2D eigenvalue weighted by Gasteiger charge is -2.39. The lowest BCUT2D eigenvalue weighted by molar-refractivity contribution is -0.139. The molecule has 29 heavy (non-hydrogen) atoms. The van der Waals surface area contributed by atoms with Gasteiger partial charge in [0.05, 0.1) is 12.0 Å². The molecular formula is C24H34N2O3. The Hall–Kier alpha value is -1.88. The van der Waals surface area contributed by atoms with Crippen LogP contribution in [-0.4, -0.2) is 61.0 Å². The van der Waals surface area contributed by atoms with Gasteiger partial charge in [0, 0.05) is 39.2 Å². The molecule has 0 spiro atoms. The van der Waals surface area contributed by atoms with Crippen molar-refractivity contribution in [1.29, 1.82) is 0 Å². The molecule has 2 heterocycles. The number of nitrogens with zero attached hydrogens (tertiary/aromatic N) is 2. The highest BCUT2D eigenvalue weighted by atomic mass is 16.5. The smallest absolute Gasteiger partial charge is 0.233 e. The van der Waals surface area contributed by atoms with Gasteiger partial charge in [-0.3, -0.25) is 9.59 Å². The maximum atomic E-state index is 13.6. The van der Waals surface area contributed by atoms with E-state index in [0.717, 1.165) is 77.7 Å². The van der Waals surface area contributed by atoms with Gasteiger partial charge < -0.3 is 14.5 Å². The lowest BCUT2D eigenvalue weighted by atomic mass is 9.77. The van der Waals surface area contributed by atoms with Crippen molar-refractivity contribution in [1.82, 2.24) is 9.80 Å². The first kappa shape index (κ1) is 20.4. The molecule has 3 fully saturated rings. The first-order chi connectivity index (χ1) is 14.2. The summed E-state index contributed by atoms with van der Waals surface area (Å²) in [5.74, 6) is 0.972. The molecule has 1 aromatic carbocycles. The van der Waals surface area contributed by atoms with Crippen LogP contribution < -0.4 is 0 Å². The van der Waals surface area contributed by atoms with Gasteiger partial charge in [-0.25, -0.2) is 0 Å². The zero-order valence-electron chi connectivity index (χ0n) is 17.5. The second-order valence-electron chi connectivity index (χ2n) is 8.94. The Morgan fingerprint density at radius 2 is 1.62 bits per heavy atom. The third-order valence-corrected chi connectivity index (χ3v) is 7.13. The SMILES string of the molecule is O=C(CC1CCN(C(=O)C2(c3ccccc3)CCCC2)CC1)N1CCCOCC1. The van der Waals surface area contributed by atoms with E-state index in [-0.39, 0.29) is 11.3 Å². The summed E-state index contributed by atoms with van der Waals surface area (Å²) in [6.07, 6.45) is 7.61. The van der Waals surface area contributed by atoms with Gasteiger partial charge in [0.15, 0.2) is 0 Å². The number of carbonyl (C=O) groups excluding carboxylic acids is 2. The molecule has 2 amide bonds. The minimum Gasteiger partial charge on any atom is -0.380 e. The lowest BCUT2D eigenvalue weighted by Crippen LogP contribution is -2.49. The predicted octanol–water partition coefficient (Wildman–Crippen LogP) is 3.38. The number of rotatable bonds is 4. The van der Waals surface area contributed by atoms with Crippen LogP contribution in [0.3, 0.4) is 0 Å². The Balaban J connectivity index is 1.34. The van der Waals surface area contributed by atoms with Gasteiger partial charge >= 0.3 is 0 Å². The largest absolute Gasteiger partial charge is 0.380 e. The molecule has 0 aromatic heterocycles. The van der Waals surface area contributed by atoms with Crippen LogP contribution >= 0.6 is 0 Å². The number of carbonyl (C=O) groups is 2. The molecule has 0 radical (unpaired) electrons. The Morgan fingerprint density at radius 3 is 2.34 bits per heavy atom. The monoisotopic (exact) mass is 398 g/mol. The highest BCUT2D eigenvalue weighted by Gasteiger charge is 2.45. The number of benzene rings is 1. The maximum absolute atomic E-state index is 13.6. The van der Waals surface area contributed by atoms with E-state index in [2.05, 4.69) is 29.2 Å². The molecule has 3 aliphatic rings. The van der Waals surface area contributed by atoms with Crippen LogP contribution in [0.25, 0.3) is 0 Å². The van der Waals surface area contributed by atoms with E-state index in [4.69, 9.17) is 4.74 Å². The molecule has 1 saturated carbocycles. The minimum atomic E-state index is -0.323. The van der Waals surface area contributed by atoms with Crippen LogP contribution in [0.15, 0.2) is 30.3 Å². The fraction of sp³-hybridized carbons (Fsp3) is 0.667. The van der Waals surface area contributed by atoms with Gasteiger partial charge in [0.2, 0.25) is 11.8 Å². The van der Waals surface area contributed by atoms with E-state index in [9.17, 15) is 9.59 Å². The van der Waals surface area contributed by atoms with Crippen LogP contribution in [0.2, 0.25) is 0 Å². The Kier molecular flexibility index (Phi) is 6.53. The van der Waals surface area contributed by atoms with Crippen molar-refractivity contribution >= 4 is 11.8 Å². The molecule has 4 rings (SSSR count). The van der Waals surface area contributed by atoms with Crippen LogP contribution in [0.1, 0.15) is 56.9 Å². The number of ether oxygens (including phenoxy) is 1. The number of hydrogen-bond donors (Lipinski definition) is 0. The molecule has 5 heteroatoms. The zero-order valence-corrected chi connectivity index (χ0v) is 17.5. The van der Waals surface area contributed by atoms with Crippen LogP contribution in [-0.2, 0) is 19.7 Å². The van der Waals surface area contributed by atoms with Crippen molar-refractivity contribution in [2.24, 2.45) is 5.92 Å². The summed E-state index contributed by atoms with van der Waals surface area (Å²) in [5.41, 5.74) is 0.860. The normalized spacial score (nSPS) is 23.0. The molecule has 0 unspecified atom stereocenters. The van der Waals surface area contributed by atoms with Gasteiger partial charge in [-0.2, -0.15) is 0 Å². The summed E-state index contributed by atoms with van der Waals surface area (Å²) in [5, 5.41) is 0. The summed E-state index contributed by atoms with van der Waals surface area (Å²) in [6.45, 7) is 4.52. The minimum absolute atomic E-state index is 0.261. The van der Waals surface area contributed by atoms with Gasteiger partial charge in [-0.05, 0) is 43.6 Å². The molecule has 1 aliphatic carbocycles. The summed E-state index contributed by atoms with van der Waals surface area (Å²) >= 11 is 0. The van der Waals surface area contributed by atoms with E-state index >= 15 is 0 Å². The zero-order chi connectivity index (χ0) is 20.1. The van der Waals surface area contributed by atoms with Gasteiger partial charge in [0.1, 0.15) is 0 Å². The number of hydrogen-bond acceptors (Lipinski definition) is 3. The van der Waals surface area contributed by atoms with Crippen molar-refractivity contribution in [3.8, 4) is 0 Å². The van der Waals surface area contributed by atoms with Crippen molar-refractivity contribution in [3.05, 3.63) is 35.9 Å². The maximum Gasteiger partial charge on any atom is 0.233 e. The second kappa shape index (κ2) is 9.29. The summed E-state index contributed by atoms with van der Waals surface area (Å²) in [7, 11) is 0. The molecule has 2 saturated heterocycles. The predicted molar refractivity (Wildman–Crippen MR) is 113 cm³/mol. The molecule has 0 N–H and O–H groups in total. The highest BCUT2D eigenvalue weighted by molar-refractivity contribution is 5.88. The van der Waals surface area contributed by atoms with Crippen LogP contribution in [0.5, 0.6) is 0 Å². The fourth-order valence-electron chi connectivity index (χ4n) is 5.38. The topological polar surface area (TPSA) is 49.9 Å². The summed E-state index contributed by atoms with van der Waals surface area (Å²) in [4.78, 5) is 30.3. The Morgan fingerprint density at radius 1 is 0.897 bits per heavy atom. The first-order valence-corrected chi connectivity index (χ1v) is 11.4. The quantitative estimate of drug-likeness (QED) is 0.781. The molecule has 0 atom stereocenters. The Labute approximate surface area is 174 Å². The average Bonchev–Trinajstić information content (AvgIpc) is 3.11. The molecule has 158 valence electrons. The molecule has 1 aromatic rings. The fourth-order valence-corrected chi connectivity index (χ4v) is 5.38. The average molecular weight is 399 g/mol. The van der Waals surface area contributed by atoms with Gasteiger partial charge in [0.25, 0.3) is 0 Å². The van der Waals surface area contributed by atoms with Gasteiger partial charge in [-0.15, -0.1) is 0 Å². The van der Waals surface area contributed by atoms with Gasteiger partial charge in [-0.1, -0.05) is 43.2 Å². The van der Waals surface area contributed by atoms with Crippen molar-refractivity contribution in [2.45, 2.75) is 56.8 Å². The first-order valence-electron chi connectivity index (χ1n) is 11.4. The highest BCUT2D eigenvalue weighted by Crippen LogP contribution is 2.43. The van der Waals surface area contributed by atoms with E-state index in [1.807, 2.05) is 11.0 Å². The standard InChI is InChI=1S/C24H34N2O3/c27-22(25-13-6-17-29-18-16-25)19-20-9-14-26(15-10-20)23(28)24(11-4-5-12-24)21-7-2-1-3-8-21/h1-3,7-8,20H,4-6,9-19H2. The van der Waals surface area contributed by atoms with Crippen molar-refractivity contribution in [2.75, 3.05) is 39.4 Å². The third-order valence-electron chi connectivity index (χ3n) is 7.13. The molecule has 5 nitrogen and oxygen atoms in total. The second-order valence-corrected chi connectivity index (χ2v) is 8.94. The van der Waals surface area contributed by atoms with Crippen LogP contribution in [0.4, 0.5) is 0 Å². The van der Waals surface area contributed by atoms with E-state index in [1.165, 1.54) is 5.56 Å². The molecular weight excluding hydrogens is 364 g/mol. The van der Waals surface area contributed by atoms with E-state index in [1.54, 1.807) is 0 Å². The third kappa shape index (κ3) is 4.50. The number of amides is 2. The molecule has 2 aliphatic heterocycles. The number of likely N-dealkylation sites (tertiary alicyclic amines) is 1. The van der Waals surface area contributed by atoms with E-state index < -0.39 is 0 Å². The summed E-state index contributed by atoms with van der Waals surface area (Å²) in [6, 6.07) is 10.4. The number of piperidine rings is 1.